The number of alkyl halides is 1. The molecule has 0 saturated heterocycles. The minimum Gasteiger partial charge on any atom is -0.376 e. The molecule has 3 heteroatoms. The van der Waals surface area contributed by atoms with E-state index in [-0.39, 0.29) is 6.10 Å². The van der Waals surface area contributed by atoms with Crippen molar-refractivity contribution in [2.75, 3.05) is 12.4 Å². The standard InChI is InChI=1S/C9H10Br2O/c1-12-9(6-10)7-4-2-3-5-8(7)11/h2-5,9H,6H2,1H3. The third-order valence-electron chi connectivity index (χ3n) is 1.68. The molecule has 1 atom stereocenters. The molecular formula is C9H10Br2O. The van der Waals surface area contributed by atoms with E-state index in [1.54, 1.807) is 7.11 Å². The van der Waals surface area contributed by atoms with Gasteiger partial charge in [0.25, 0.3) is 0 Å². The lowest BCUT2D eigenvalue weighted by Crippen LogP contribution is -2.02. The molecule has 0 aliphatic rings. The van der Waals surface area contributed by atoms with Crippen LogP contribution < -0.4 is 0 Å². The van der Waals surface area contributed by atoms with Gasteiger partial charge in [0.2, 0.25) is 0 Å². The minimum absolute atomic E-state index is 0.126. The first-order valence-corrected chi connectivity index (χ1v) is 5.54. The van der Waals surface area contributed by atoms with Gasteiger partial charge in [-0.2, -0.15) is 0 Å². The first kappa shape index (κ1) is 10.2. The van der Waals surface area contributed by atoms with E-state index in [9.17, 15) is 0 Å². The summed E-state index contributed by atoms with van der Waals surface area (Å²) in [6.45, 7) is 0. The first-order valence-electron chi connectivity index (χ1n) is 3.62. The minimum atomic E-state index is 0.126. The molecule has 12 heavy (non-hydrogen) atoms. The van der Waals surface area contributed by atoms with Gasteiger partial charge >= 0.3 is 0 Å². The Balaban J connectivity index is 2.92. The Morgan fingerprint density at radius 3 is 2.58 bits per heavy atom. The number of benzene rings is 1. The van der Waals surface area contributed by atoms with Gasteiger partial charge in [-0.1, -0.05) is 50.1 Å². The predicted molar refractivity (Wildman–Crippen MR) is 57.7 cm³/mol. The largest absolute Gasteiger partial charge is 0.376 e. The number of hydrogen-bond donors (Lipinski definition) is 0. The maximum absolute atomic E-state index is 5.29. The molecule has 1 nitrogen and oxygen atoms in total. The number of rotatable bonds is 3. The fourth-order valence-electron chi connectivity index (χ4n) is 1.01. The SMILES string of the molecule is COC(CBr)c1ccccc1Br. The highest BCUT2D eigenvalue weighted by Crippen LogP contribution is 2.26. The van der Waals surface area contributed by atoms with Crippen LogP contribution in [0.1, 0.15) is 11.7 Å². The summed E-state index contributed by atoms with van der Waals surface area (Å²) in [5, 5.41) is 0.812. The van der Waals surface area contributed by atoms with Crippen molar-refractivity contribution in [3.05, 3.63) is 34.3 Å². The summed E-state index contributed by atoms with van der Waals surface area (Å²) in [4.78, 5) is 0. The number of ether oxygens (including phenoxy) is 1. The molecule has 0 aromatic heterocycles. The van der Waals surface area contributed by atoms with Crippen LogP contribution in [0.5, 0.6) is 0 Å². The van der Waals surface area contributed by atoms with Crippen LogP contribution in [0.15, 0.2) is 28.7 Å². The molecule has 0 heterocycles. The Morgan fingerprint density at radius 1 is 1.42 bits per heavy atom. The Morgan fingerprint density at radius 2 is 2.08 bits per heavy atom. The smallest absolute Gasteiger partial charge is 0.0928 e. The molecule has 0 aliphatic carbocycles. The normalized spacial score (nSPS) is 12.9. The Kier molecular flexibility index (Phi) is 4.26. The average molecular weight is 294 g/mol. The van der Waals surface area contributed by atoms with E-state index in [0.29, 0.717) is 0 Å². The summed E-state index contributed by atoms with van der Waals surface area (Å²) in [5.41, 5.74) is 1.18. The lowest BCUT2D eigenvalue weighted by atomic mass is 10.1. The van der Waals surface area contributed by atoms with E-state index in [4.69, 9.17) is 4.74 Å². The van der Waals surface area contributed by atoms with E-state index in [2.05, 4.69) is 37.9 Å². The van der Waals surface area contributed by atoms with Crippen molar-refractivity contribution < 1.29 is 4.74 Å². The van der Waals surface area contributed by atoms with Gasteiger partial charge in [0.15, 0.2) is 0 Å². The lowest BCUT2D eigenvalue weighted by molar-refractivity contribution is 0.124. The molecule has 0 radical (unpaired) electrons. The Bertz CT molecular complexity index is 246. The second-order valence-corrected chi connectivity index (χ2v) is 3.90. The van der Waals surface area contributed by atoms with Gasteiger partial charge in [-0.25, -0.2) is 0 Å². The predicted octanol–water partition coefficient (Wildman–Crippen LogP) is 3.53. The molecule has 66 valence electrons. The molecule has 0 aliphatic heterocycles. The number of methoxy groups -OCH3 is 1. The van der Waals surface area contributed by atoms with Gasteiger partial charge < -0.3 is 4.74 Å². The van der Waals surface area contributed by atoms with Gasteiger partial charge in [-0.15, -0.1) is 0 Å². The zero-order chi connectivity index (χ0) is 8.97. The van der Waals surface area contributed by atoms with Crippen molar-refractivity contribution in [1.82, 2.24) is 0 Å². The summed E-state index contributed by atoms with van der Waals surface area (Å²) in [5.74, 6) is 0. The lowest BCUT2D eigenvalue weighted by Gasteiger charge is -2.13. The highest BCUT2D eigenvalue weighted by molar-refractivity contribution is 9.10. The Hall–Kier alpha value is 0.140. The van der Waals surface area contributed by atoms with Crippen LogP contribution in [-0.4, -0.2) is 12.4 Å². The first-order chi connectivity index (χ1) is 5.79. The maximum atomic E-state index is 5.29. The molecule has 1 aromatic carbocycles. The number of halogens is 2. The second kappa shape index (κ2) is 5.00. The van der Waals surface area contributed by atoms with Crippen LogP contribution in [0.3, 0.4) is 0 Å². The van der Waals surface area contributed by atoms with Gasteiger partial charge in [0.1, 0.15) is 0 Å². The molecule has 1 rings (SSSR count). The van der Waals surface area contributed by atoms with Crippen LogP contribution >= 0.6 is 31.9 Å². The summed E-state index contributed by atoms with van der Waals surface area (Å²) in [6.07, 6.45) is 0.126. The summed E-state index contributed by atoms with van der Waals surface area (Å²) in [7, 11) is 1.71. The van der Waals surface area contributed by atoms with Crippen molar-refractivity contribution in [3.63, 3.8) is 0 Å². The molecule has 1 unspecified atom stereocenters. The average Bonchev–Trinajstić information content (AvgIpc) is 2.10. The van der Waals surface area contributed by atoms with Crippen LogP contribution in [0, 0.1) is 0 Å². The van der Waals surface area contributed by atoms with Gasteiger partial charge in [-0.3, -0.25) is 0 Å². The van der Waals surface area contributed by atoms with Crippen molar-refractivity contribution in [2.45, 2.75) is 6.10 Å². The van der Waals surface area contributed by atoms with Crippen molar-refractivity contribution >= 4 is 31.9 Å². The van der Waals surface area contributed by atoms with E-state index >= 15 is 0 Å². The van der Waals surface area contributed by atoms with E-state index in [1.165, 1.54) is 5.56 Å². The molecule has 0 N–H and O–H groups in total. The van der Waals surface area contributed by atoms with E-state index < -0.39 is 0 Å². The topological polar surface area (TPSA) is 9.23 Å². The molecule has 0 fully saturated rings. The number of hydrogen-bond acceptors (Lipinski definition) is 1. The maximum Gasteiger partial charge on any atom is 0.0928 e. The molecular weight excluding hydrogens is 284 g/mol. The van der Waals surface area contributed by atoms with Crippen LogP contribution in [0.4, 0.5) is 0 Å². The summed E-state index contributed by atoms with van der Waals surface area (Å²) < 4.78 is 6.38. The highest BCUT2D eigenvalue weighted by Gasteiger charge is 2.10. The van der Waals surface area contributed by atoms with Crippen molar-refractivity contribution in [2.24, 2.45) is 0 Å². The molecule has 0 amide bonds. The Labute approximate surface area is 89.4 Å². The molecule has 0 spiro atoms. The van der Waals surface area contributed by atoms with E-state index in [0.717, 1.165) is 9.80 Å². The quantitative estimate of drug-likeness (QED) is 0.775. The van der Waals surface area contributed by atoms with Gasteiger partial charge in [-0.05, 0) is 11.6 Å². The monoisotopic (exact) mass is 292 g/mol. The molecule has 0 saturated carbocycles. The van der Waals surface area contributed by atoms with E-state index in [1.807, 2.05) is 18.2 Å². The second-order valence-electron chi connectivity index (χ2n) is 2.40. The van der Waals surface area contributed by atoms with Crippen molar-refractivity contribution in [3.8, 4) is 0 Å². The fourth-order valence-corrected chi connectivity index (χ4v) is 2.16. The van der Waals surface area contributed by atoms with Crippen LogP contribution in [0.25, 0.3) is 0 Å². The van der Waals surface area contributed by atoms with Crippen LogP contribution in [0.2, 0.25) is 0 Å². The fraction of sp³-hybridized carbons (Fsp3) is 0.333. The summed E-state index contributed by atoms with van der Waals surface area (Å²) >= 11 is 6.88. The van der Waals surface area contributed by atoms with Crippen LogP contribution in [-0.2, 0) is 4.74 Å². The molecule has 1 aromatic rings. The van der Waals surface area contributed by atoms with Gasteiger partial charge in [0, 0.05) is 16.9 Å². The third-order valence-corrected chi connectivity index (χ3v) is 2.99. The molecule has 0 bridgehead atoms. The highest BCUT2D eigenvalue weighted by atomic mass is 79.9. The van der Waals surface area contributed by atoms with Gasteiger partial charge in [0.05, 0.1) is 6.10 Å². The third kappa shape index (κ3) is 2.31. The zero-order valence-electron chi connectivity index (χ0n) is 6.76. The zero-order valence-corrected chi connectivity index (χ0v) is 9.93. The van der Waals surface area contributed by atoms with Crippen molar-refractivity contribution in [1.29, 1.82) is 0 Å². The summed E-state index contributed by atoms with van der Waals surface area (Å²) in [6, 6.07) is 8.08.